The van der Waals surface area contributed by atoms with E-state index in [2.05, 4.69) is 105 Å². The number of allylic oxidation sites excluding steroid dienone is 1. The molecule has 3 heteroatoms. The fourth-order valence-electron chi connectivity index (χ4n) is 2.02. The van der Waals surface area contributed by atoms with Gasteiger partial charge in [0.25, 0.3) is 0 Å². The summed E-state index contributed by atoms with van der Waals surface area (Å²) in [6.07, 6.45) is 4.37. The predicted molar refractivity (Wildman–Crippen MR) is 91.4 cm³/mol. The molecule has 0 unspecified atom stereocenters. The van der Waals surface area contributed by atoms with Crippen LogP contribution in [0, 0.1) is 5.92 Å². The molecule has 1 aliphatic rings. The molecule has 18 heavy (non-hydrogen) atoms. The summed E-state index contributed by atoms with van der Waals surface area (Å²) >= 11 is 5.24. The van der Waals surface area contributed by atoms with Crippen LogP contribution in [0.4, 0.5) is 0 Å². The van der Waals surface area contributed by atoms with E-state index in [0.717, 1.165) is 0 Å². The average molecular weight is 493 g/mol. The Morgan fingerprint density at radius 3 is 2.06 bits per heavy atom. The fourth-order valence-corrected chi connectivity index (χ4v) is 2.02. The number of rotatable bonds is 1. The van der Waals surface area contributed by atoms with E-state index < -0.39 is 0 Å². The third-order valence-corrected chi connectivity index (χ3v) is 2.77. The van der Waals surface area contributed by atoms with Gasteiger partial charge < -0.3 is 0 Å². The third-order valence-electron chi connectivity index (χ3n) is 2.77. The van der Waals surface area contributed by atoms with Crippen LogP contribution in [-0.4, -0.2) is 0 Å². The van der Waals surface area contributed by atoms with Crippen LogP contribution in [0.1, 0.15) is 16.7 Å². The van der Waals surface area contributed by atoms with Gasteiger partial charge in [-0.15, -0.1) is 0 Å². The summed E-state index contributed by atoms with van der Waals surface area (Å²) in [5.74, 6) is 1.33. The van der Waals surface area contributed by atoms with Gasteiger partial charge in [-0.25, -0.2) is 0 Å². The van der Waals surface area contributed by atoms with Gasteiger partial charge >= 0.3 is 50.0 Å². The molecule has 0 saturated heterocycles. The SMILES string of the molecule is C1=Cc2ccccc2[C]1c1ccccc1.[I][Ti][I]. The van der Waals surface area contributed by atoms with Gasteiger partial charge in [-0.2, -0.15) is 0 Å². The third kappa shape index (κ3) is 3.68. The molecular weight excluding hydrogens is 482 g/mol. The van der Waals surface area contributed by atoms with E-state index in [1.165, 1.54) is 22.6 Å². The molecule has 0 spiro atoms. The van der Waals surface area contributed by atoms with Crippen molar-refractivity contribution >= 4 is 44.5 Å². The molecule has 2 aromatic rings. The van der Waals surface area contributed by atoms with Crippen LogP contribution in [0.5, 0.6) is 0 Å². The van der Waals surface area contributed by atoms with Gasteiger partial charge in [-0.3, -0.25) is 0 Å². The van der Waals surface area contributed by atoms with Crippen molar-refractivity contribution in [1.29, 1.82) is 0 Å². The first-order chi connectivity index (χ1) is 8.86. The minimum absolute atomic E-state index is 0.440. The van der Waals surface area contributed by atoms with Gasteiger partial charge in [-0.05, 0) is 16.7 Å². The van der Waals surface area contributed by atoms with Gasteiger partial charge in [0.1, 0.15) is 0 Å². The number of fused-ring (bicyclic) bond motifs is 1. The molecule has 1 radical (unpaired) electrons. The summed E-state index contributed by atoms with van der Waals surface area (Å²) in [5, 5.41) is 0. The molecule has 0 heterocycles. The van der Waals surface area contributed by atoms with Gasteiger partial charge in [0.15, 0.2) is 0 Å². The second-order valence-corrected chi connectivity index (χ2v) is 17.0. The summed E-state index contributed by atoms with van der Waals surface area (Å²) in [5.41, 5.74) is 3.94. The second-order valence-electron chi connectivity index (χ2n) is 3.77. The monoisotopic (exact) mass is 493 g/mol. The Morgan fingerprint density at radius 2 is 1.33 bits per heavy atom. The van der Waals surface area contributed by atoms with Crippen LogP contribution < -0.4 is 0 Å². The number of halogens is 2. The summed E-state index contributed by atoms with van der Waals surface area (Å²) < 4.78 is 0. The van der Waals surface area contributed by atoms with E-state index in [4.69, 9.17) is 0 Å². The van der Waals surface area contributed by atoms with E-state index in [1.54, 1.807) is 0 Å². The van der Waals surface area contributed by atoms with Crippen molar-refractivity contribution in [2.45, 2.75) is 0 Å². The average Bonchev–Trinajstić information content (AvgIpc) is 2.84. The van der Waals surface area contributed by atoms with Crippen LogP contribution >= 0.6 is 38.4 Å². The molecule has 0 nitrogen and oxygen atoms in total. The first-order valence-electron chi connectivity index (χ1n) is 5.53. The van der Waals surface area contributed by atoms with Gasteiger partial charge in [0.2, 0.25) is 0 Å². The van der Waals surface area contributed by atoms with Crippen molar-refractivity contribution in [3.05, 3.63) is 83.3 Å². The van der Waals surface area contributed by atoms with Crippen LogP contribution in [0.15, 0.2) is 60.7 Å². The Morgan fingerprint density at radius 1 is 0.722 bits per heavy atom. The molecule has 0 aliphatic heterocycles. The molecule has 0 N–H and O–H groups in total. The molecule has 0 aromatic heterocycles. The van der Waals surface area contributed by atoms with Crippen molar-refractivity contribution in [2.24, 2.45) is 0 Å². The quantitative estimate of drug-likeness (QED) is 0.367. The van der Waals surface area contributed by atoms with E-state index in [-0.39, 0.29) is 0 Å². The Hall–Kier alpha value is 0.354. The van der Waals surface area contributed by atoms with Crippen molar-refractivity contribution in [3.8, 4) is 0 Å². The Kier molecular flexibility index (Phi) is 6.42. The maximum absolute atomic E-state index is 2.40. The molecule has 2 aromatic carbocycles. The molecule has 0 bridgehead atoms. The minimum atomic E-state index is 0.440. The number of hydrogen-bond donors (Lipinski definition) is 0. The molecule has 1 aliphatic carbocycles. The zero-order valence-electron chi connectivity index (χ0n) is 9.61. The van der Waals surface area contributed by atoms with Crippen LogP contribution in [0.25, 0.3) is 6.08 Å². The summed E-state index contributed by atoms with van der Waals surface area (Å²) in [4.78, 5) is 0. The van der Waals surface area contributed by atoms with E-state index >= 15 is 0 Å². The summed E-state index contributed by atoms with van der Waals surface area (Å²) in [6.45, 7) is 0. The van der Waals surface area contributed by atoms with E-state index in [0.29, 0.717) is 11.7 Å². The number of hydrogen-bond acceptors (Lipinski definition) is 0. The summed E-state index contributed by atoms with van der Waals surface area (Å²) in [6, 6.07) is 19.0. The predicted octanol–water partition coefficient (Wildman–Crippen LogP) is 5.45. The Balaban J connectivity index is 0.000000367. The van der Waals surface area contributed by atoms with Gasteiger partial charge in [0.05, 0.1) is 5.92 Å². The van der Waals surface area contributed by atoms with E-state index in [1.807, 2.05) is 0 Å². The normalized spacial score (nSPS) is 12.6. The zero-order chi connectivity index (χ0) is 12.8. The van der Waals surface area contributed by atoms with Crippen molar-refractivity contribution in [1.82, 2.24) is 0 Å². The van der Waals surface area contributed by atoms with Crippen molar-refractivity contribution < 1.29 is 11.7 Å². The van der Waals surface area contributed by atoms with E-state index in [9.17, 15) is 0 Å². The van der Waals surface area contributed by atoms with Gasteiger partial charge in [-0.1, -0.05) is 66.7 Å². The van der Waals surface area contributed by atoms with Gasteiger partial charge in [0, 0.05) is 0 Å². The molecular formula is C15H11I2Ti. The molecule has 0 amide bonds. The van der Waals surface area contributed by atoms with Crippen LogP contribution in [-0.2, 0) is 11.7 Å². The molecule has 0 fully saturated rings. The molecule has 0 atom stereocenters. The first-order valence-corrected chi connectivity index (χ1v) is 15.6. The van der Waals surface area contributed by atoms with Crippen molar-refractivity contribution in [3.63, 3.8) is 0 Å². The Labute approximate surface area is 138 Å². The van der Waals surface area contributed by atoms with Crippen LogP contribution in [0.2, 0.25) is 0 Å². The Bertz CT molecular complexity index is 523. The molecule has 0 saturated carbocycles. The zero-order valence-corrected chi connectivity index (χ0v) is 15.5. The first kappa shape index (κ1) is 14.8. The van der Waals surface area contributed by atoms with Crippen molar-refractivity contribution in [2.75, 3.05) is 0 Å². The molecule has 3 rings (SSSR count). The maximum atomic E-state index is 2.40. The van der Waals surface area contributed by atoms with Crippen LogP contribution in [0.3, 0.4) is 0 Å². The molecule has 89 valence electrons. The summed E-state index contributed by atoms with van der Waals surface area (Å²) in [7, 11) is 0. The number of benzene rings is 2. The second kappa shape index (κ2) is 7.83. The standard InChI is InChI=1S/C15H11.2HI.Ti/c1-2-6-12(7-3-1)15-11-10-13-8-4-5-9-14(13)15;;;/h1-11H;2*1H;/q;;;+2/p-2. The topological polar surface area (TPSA) is 0 Å². The fraction of sp³-hybridized carbons (Fsp3) is 0.